The zero-order valence-electron chi connectivity index (χ0n) is 13.1. The van der Waals surface area contributed by atoms with Gasteiger partial charge in [0.15, 0.2) is 0 Å². The molecule has 3 heteroatoms. The minimum atomic E-state index is 0.201. The van der Waals surface area contributed by atoms with E-state index >= 15 is 0 Å². The largest absolute Gasteiger partial charge is 0.341 e. The molecule has 1 N–H and O–H groups in total. The van der Waals surface area contributed by atoms with Crippen LogP contribution in [-0.4, -0.2) is 30.9 Å². The number of rotatable bonds is 3. The Morgan fingerprint density at radius 3 is 2.30 bits per heavy atom. The van der Waals surface area contributed by atoms with E-state index in [1.165, 1.54) is 22.3 Å². The molecule has 1 aliphatic rings. The van der Waals surface area contributed by atoms with Crippen molar-refractivity contribution in [2.24, 2.45) is 5.92 Å². The number of hydrogen-bond acceptors (Lipinski definition) is 2. The molecular weight excluding hydrogens is 248 g/mol. The molecule has 1 saturated heterocycles. The van der Waals surface area contributed by atoms with Crippen molar-refractivity contribution in [2.45, 2.75) is 40.2 Å². The molecule has 0 aromatic heterocycles. The number of hydrogen-bond donors (Lipinski definition) is 1. The van der Waals surface area contributed by atoms with Crippen LogP contribution >= 0.6 is 0 Å². The van der Waals surface area contributed by atoms with Gasteiger partial charge in [0.2, 0.25) is 5.91 Å². The summed E-state index contributed by atoms with van der Waals surface area (Å²) in [7, 11) is 1.93. The minimum Gasteiger partial charge on any atom is -0.341 e. The van der Waals surface area contributed by atoms with Crippen molar-refractivity contribution in [3.8, 4) is 0 Å². The van der Waals surface area contributed by atoms with E-state index < -0.39 is 0 Å². The number of amides is 1. The van der Waals surface area contributed by atoms with Crippen LogP contribution in [0.1, 0.15) is 35.1 Å². The summed E-state index contributed by atoms with van der Waals surface area (Å²) in [5.74, 6) is 0.498. The molecule has 0 bridgehead atoms. The molecule has 0 atom stereocenters. The summed E-state index contributed by atoms with van der Waals surface area (Å²) in [6.45, 7) is 9.05. The number of benzene rings is 1. The summed E-state index contributed by atoms with van der Waals surface area (Å²) in [6.07, 6.45) is 1.93. The van der Waals surface area contributed by atoms with Crippen LogP contribution in [0, 0.1) is 26.7 Å². The van der Waals surface area contributed by atoms with E-state index in [4.69, 9.17) is 0 Å². The van der Waals surface area contributed by atoms with Crippen molar-refractivity contribution >= 4 is 5.91 Å². The highest BCUT2D eigenvalue weighted by molar-refractivity contribution is 5.78. The number of carbonyl (C=O) groups excluding carboxylic acids is 1. The molecule has 1 fully saturated rings. The van der Waals surface area contributed by atoms with Gasteiger partial charge in [0, 0.05) is 19.5 Å². The van der Waals surface area contributed by atoms with Crippen LogP contribution in [0.5, 0.6) is 0 Å². The first-order valence-electron chi connectivity index (χ1n) is 7.51. The normalized spacial score (nSPS) is 16.2. The number of carbonyl (C=O) groups is 1. The van der Waals surface area contributed by atoms with Crippen molar-refractivity contribution < 1.29 is 4.79 Å². The highest BCUT2D eigenvalue weighted by atomic mass is 16.2. The van der Waals surface area contributed by atoms with Crippen LogP contribution in [-0.2, 0) is 11.3 Å². The van der Waals surface area contributed by atoms with Gasteiger partial charge in [-0.1, -0.05) is 17.7 Å². The van der Waals surface area contributed by atoms with Gasteiger partial charge in [-0.25, -0.2) is 0 Å². The first-order chi connectivity index (χ1) is 9.49. The third kappa shape index (κ3) is 3.40. The van der Waals surface area contributed by atoms with E-state index in [2.05, 4.69) is 38.2 Å². The van der Waals surface area contributed by atoms with E-state index in [1.807, 2.05) is 11.9 Å². The van der Waals surface area contributed by atoms with Gasteiger partial charge < -0.3 is 10.2 Å². The first-order valence-corrected chi connectivity index (χ1v) is 7.51. The van der Waals surface area contributed by atoms with Gasteiger partial charge in [0.1, 0.15) is 0 Å². The SMILES string of the molecule is Cc1cc(C)c(CN(C)C(=O)C2CCNCC2)c(C)c1. The first kappa shape index (κ1) is 15.0. The molecular formula is C17H26N2O. The fourth-order valence-electron chi connectivity index (χ4n) is 3.15. The third-order valence-corrected chi connectivity index (χ3v) is 4.30. The second kappa shape index (κ2) is 6.40. The Morgan fingerprint density at radius 2 is 1.75 bits per heavy atom. The van der Waals surface area contributed by atoms with Gasteiger partial charge in [-0.3, -0.25) is 4.79 Å². The van der Waals surface area contributed by atoms with E-state index in [9.17, 15) is 4.79 Å². The Bertz CT molecular complexity index is 467. The van der Waals surface area contributed by atoms with Crippen LogP contribution in [0.4, 0.5) is 0 Å². The Balaban J connectivity index is 2.07. The average Bonchev–Trinajstić information content (AvgIpc) is 2.42. The van der Waals surface area contributed by atoms with Gasteiger partial charge in [-0.05, 0) is 63.4 Å². The van der Waals surface area contributed by atoms with Crippen LogP contribution in [0.25, 0.3) is 0 Å². The lowest BCUT2D eigenvalue weighted by molar-refractivity contribution is -0.135. The number of nitrogens with one attached hydrogen (secondary N) is 1. The molecule has 0 aliphatic carbocycles. The maximum atomic E-state index is 12.5. The van der Waals surface area contributed by atoms with E-state index in [1.54, 1.807) is 0 Å². The number of aryl methyl sites for hydroxylation is 3. The molecule has 1 aromatic carbocycles. The van der Waals surface area contributed by atoms with Gasteiger partial charge in [0.05, 0.1) is 0 Å². The van der Waals surface area contributed by atoms with Crippen LogP contribution < -0.4 is 5.32 Å². The van der Waals surface area contributed by atoms with Crippen LogP contribution in [0.3, 0.4) is 0 Å². The van der Waals surface area contributed by atoms with Crippen molar-refractivity contribution in [3.05, 3.63) is 34.4 Å². The average molecular weight is 274 g/mol. The minimum absolute atomic E-state index is 0.201. The third-order valence-electron chi connectivity index (χ3n) is 4.30. The lowest BCUT2D eigenvalue weighted by atomic mass is 9.95. The summed E-state index contributed by atoms with van der Waals surface area (Å²) < 4.78 is 0. The summed E-state index contributed by atoms with van der Waals surface area (Å²) in [6, 6.07) is 4.40. The highest BCUT2D eigenvalue weighted by Gasteiger charge is 2.24. The zero-order valence-corrected chi connectivity index (χ0v) is 13.1. The Hall–Kier alpha value is -1.35. The van der Waals surface area contributed by atoms with Gasteiger partial charge in [0.25, 0.3) is 0 Å². The highest BCUT2D eigenvalue weighted by Crippen LogP contribution is 2.20. The molecule has 1 heterocycles. The second-order valence-corrected chi connectivity index (χ2v) is 6.10. The molecule has 0 unspecified atom stereocenters. The topological polar surface area (TPSA) is 32.3 Å². The summed E-state index contributed by atoms with van der Waals surface area (Å²) in [5.41, 5.74) is 5.15. The Kier molecular flexibility index (Phi) is 4.81. The molecule has 3 nitrogen and oxygen atoms in total. The Morgan fingerprint density at radius 1 is 1.20 bits per heavy atom. The van der Waals surface area contributed by atoms with Crippen molar-refractivity contribution in [1.82, 2.24) is 10.2 Å². The molecule has 110 valence electrons. The summed E-state index contributed by atoms with van der Waals surface area (Å²) in [4.78, 5) is 14.4. The second-order valence-electron chi connectivity index (χ2n) is 6.10. The fraction of sp³-hybridized carbons (Fsp3) is 0.588. The molecule has 1 aromatic rings. The molecule has 20 heavy (non-hydrogen) atoms. The lowest BCUT2D eigenvalue weighted by Gasteiger charge is -2.28. The molecule has 2 rings (SSSR count). The molecule has 0 saturated carbocycles. The maximum Gasteiger partial charge on any atom is 0.225 e. The number of piperidine rings is 1. The summed E-state index contributed by atoms with van der Waals surface area (Å²) >= 11 is 0. The fourth-order valence-corrected chi connectivity index (χ4v) is 3.15. The standard InChI is InChI=1S/C17H26N2O/c1-12-9-13(2)16(14(3)10-12)11-19(4)17(20)15-5-7-18-8-6-15/h9-10,15,18H,5-8,11H2,1-4H3. The molecule has 1 aliphatic heterocycles. The maximum absolute atomic E-state index is 12.5. The van der Waals surface area contributed by atoms with E-state index in [0.717, 1.165) is 32.5 Å². The predicted molar refractivity (Wildman–Crippen MR) is 82.7 cm³/mol. The van der Waals surface area contributed by atoms with Crippen molar-refractivity contribution in [3.63, 3.8) is 0 Å². The monoisotopic (exact) mass is 274 g/mol. The van der Waals surface area contributed by atoms with Crippen LogP contribution in [0.2, 0.25) is 0 Å². The predicted octanol–water partition coefficient (Wildman–Crippen LogP) is 2.57. The zero-order chi connectivity index (χ0) is 14.7. The summed E-state index contributed by atoms with van der Waals surface area (Å²) in [5, 5.41) is 3.31. The molecule has 1 amide bonds. The van der Waals surface area contributed by atoms with Gasteiger partial charge in [-0.2, -0.15) is 0 Å². The molecule has 0 spiro atoms. The van der Waals surface area contributed by atoms with E-state index in [-0.39, 0.29) is 5.92 Å². The van der Waals surface area contributed by atoms with Crippen molar-refractivity contribution in [1.29, 1.82) is 0 Å². The molecule has 0 radical (unpaired) electrons. The van der Waals surface area contributed by atoms with Gasteiger partial charge >= 0.3 is 0 Å². The quantitative estimate of drug-likeness (QED) is 0.919. The Labute approximate surface area is 122 Å². The lowest BCUT2D eigenvalue weighted by Crippen LogP contribution is -2.39. The smallest absolute Gasteiger partial charge is 0.225 e. The van der Waals surface area contributed by atoms with Crippen molar-refractivity contribution in [2.75, 3.05) is 20.1 Å². The van der Waals surface area contributed by atoms with E-state index in [0.29, 0.717) is 5.91 Å². The van der Waals surface area contributed by atoms with Gasteiger partial charge in [-0.15, -0.1) is 0 Å². The number of nitrogens with zero attached hydrogens (tertiary/aromatic N) is 1. The van der Waals surface area contributed by atoms with Crippen LogP contribution in [0.15, 0.2) is 12.1 Å².